The monoisotopic (exact) mass is 238 g/mol. The Balaban J connectivity index is 2.28. The van der Waals surface area contributed by atoms with Gasteiger partial charge in [0.15, 0.2) is 0 Å². The van der Waals surface area contributed by atoms with E-state index in [-0.39, 0.29) is 0 Å². The molecule has 4 nitrogen and oxygen atoms in total. The number of carbonyl (C=O) groups is 2. The number of hydrogen-bond acceptors (Lipinski definition) is 4. The van der Waals surface area contributed by atoms with Crippen LogP contribution in [0.2, 0.25) is 0 Å². The number of rotatable bonds is 6. The van der Waals surface area contributed by atoms with Gasteiger partial charge in [-0.2, -0.15) is 0 Å². The molecule has 0 bridgehead atoms. The Hall–Kier alpha value is -1.58. The first-order valence-corrected chi connectivity index (χ1v) is 5.98. The molecule has 17 heavy (non-hydrogen) atoms. The summed E-state index contributed by atoms with van der Waals surface area (Å²) in [6.07, 6.45) is 10.3. The van der Waals surface area contributed by atoms with Gasteiger partial charge in [-0.1, -0.05) is 32.3 Å². The lowest BCUT2D eigenvalue weighted by molar-refractivity contribution is -0.169. The summed E-state index contributed by atoms with van der Waals surface area (Å²) < 4.78 is 9.71. The highest BCUT2D eigenvalue weighted by Crippen LogP contribution is 2.07. The van der Waals surface area contributed by atoms with Crippen molar-refractivity contribution in [3.63, 3.8) is 0 Å². The predicted molar refractivity (Wildman–Crippen MR) is 63.0 cm³/mol. The fourth-order valence-electron chi connectivity index (χ4n) is 1.44. The van der Waals surface area contributed by atoms with E-state index in [1.165, 1.54) is 19.3 Å². The summed E-state index contributed by atoms with van der Waals surface area (Å²) in [5, 5.41) is 0. The first kappa shape index (κ1) is 13.5. The van der Waals surface area contributed by atoms with Gasteiger partial charge in [-0.15, -0.1) is 0 Å². The molecule has 0 unspecified atom stereocenters. The number of ether oxygens (including phenoxy) is 2. The van der Waals surface area contributed by atoms with Gasteiger partial charge < -0.3 is 9.47 Å². The molecular formula is C13H18O4. The highest BCUT2D eigenvalue weighted by molar-refractivity contribution is 5.93. The number of esters is 2. The van der Waals surface area contributed by atoms with Crippen LogP contribution in [0.3, 0.4) is 0 Å². The number of allylic oxidation sites excluding steroid dienone is 1. The molecule has 0 aliphatic carbocycles. The van der Waals surface area contributed by atoms with Crippen molar-refractivity contribution < 1.29 is 19.1 Å². The summed E-state index contributed by atoms with van der Waals surface area (Å²) in [6.45, 7) is 2.16. The van der Waals surface area contributed by atoms with Crippen molar-refractivity contribution >= 4 is 11.9 Å². The van der Waals surface area contributed by atoms with Gasteiger partial charge in [-0.05, 0) is 18.9 Å². The molecule has 1 heterocycles. The Morgan fingerprint density at radius 2 is 1.76 bits per heavy atom. The summed E-state index contributed by atoms with van der Waals surface area (Å²) in [5.74, 6) is -1.12. The molecule has 1 aliphatic heterocycles. The van der Waals surface area contributed by atoms with E-state index in [4.69, 9.17) is 9.47 Å². The van der Waals surface area contributed by atoms with Crippen molar-refractivity contribution in [2.75, 3.05) is 0 Å². The van der Waals surface area contributed by atoms with Crippen molar-refractivity contribution in [3.05, 3.63) is 24.3 Å². The maximum atomic E-state index is 11.0. The van der Waals surface area contributed by atoms with E-state index in [9.17, 15) is 9.59 Å². The Labute approximate surface area is 101 Å². The van der Waals surface area contributed by atoms with Crippen LogP contribution >= 0.6 is 0 Å². The van der Waals surface area contributed by atoms with Gasteiger partial charge in [0.05, 0.1) is 0 Å². The zero-order chi connectivity index (χ0) is 12.5. The molecule has 0 fully saturated rings. The fourth-order valence-corrected chi connectivity index (χ4v) is 1.44. The van der Waals surface area contributed by atoms with Crippen LogP contribution in [0.4, 0.5) is 0 Å². The smallest absolute Gasteiger partial charge is 0.334 e. The molecule has 4 heteroatoms. The third-order valence-corrected chi connectivity index (χ3v) is 2.34. The normalized spacial score (nSPS) is 17.0. The first-order valence-electron chi connectivity index (χ1n) is 5.98. The van der Waals surface area contributed by atoms with Crippen LogP contribution in [0.25, 0.3) is 0 Å². The molecule has 0 amide bonds. The maximum Gasteiger partial charge on any atom is 0.334 e. The van der Waals surface area contributed by atoms with Gasteiger partial charge in [0.1, 0.15) is 0 Å². The number of unbranched alkanes of at least 4 members (excludes halogenated alkanes) is 4. The molecular weight excluding hydrogens is 220 g/mol. The van der Waals surface area contributed by atoms with Crippen LogP contribution in [0.1, 0.15) is 39.0 Å². The van der Waals surface area contributed by atoms with E-state index < -0.39 is 18.2 Å². The standard InChI is InChI=1S/C13H18O4/c1-2-3-4-5-6-7-8-13-16-11(14)9-10-12(15)17-13/h7-10,13H,2-6H2,1H3/b8-7+. The topological polar surface area (TPSA) is 52.6 Å². The second kappa shape index (κ2) is 7.65. The largest absolute Gasteiger partial charge is 0.418 e. The molecule has 0 atom stereocenters. The SMILES string of the molecule is CCCCCC/C=C/C1OC(=O)C=CC(=O)O1. The third-order valence-electron chi connectivity index (χ3n) is 2.34. The first-order chi connectivity index (χ1) is 8.22. The van der Waals surface area contributed by atoms with E-state index in [1.54, 1.807) is 6.08 Å². The Kier molecular flexibility index (Phi) is 6.07. The van der Waals surface area contributed by atoms with E-state index in [0.717, 1.165) is 25.0 Å². The average Bonchev–Trinajstić information content (AvgIpc) is 2.45. The number of hydrogen-bond donors (Lipinski definition) is 0. The summed E-state index contributed by atoms with van der Waals surface area (Å²) in [5.41, 5.74) is 0. The molecule has 0 aromatic heterocycles. The fraction of sp³-hybridized carbons (Fsp3) is 0.538. The second-order valence-corrected chi connectivity index (χ2v) is 3.85. The van der Waals surface area contributed by atoms with Gasteiger partial charge in [0.25, 0.3) is 6.29 Å². The summed E-state index contributed by atoms with van der Waals surface area (Å²) in [4.78, 5) is 22.1. The molecule has 1 aliphatic rings. The Morgan fingerprint density at radius 1 is 1.12 bits per heavy atom. The maximum absolute atomic E-state index is 11.0. The number of carbonyl (C=O) groups excluding carboxylic acids is 2. The molecule has 0 aromatic rings. The van der Waals surface area contributed by atoms with E-state index in [1.807, 2.05) is 6.08 Å². The van der Waals surface area contributed by atoms with E-state index in [2.05, 4.69) is 6.92 Å². The van der Waals surface area contributed by atoms with Crippen LogP contribution in [-0.4, -0.2) is 18.2 Å². The molecule has 94 valence electrons. The minimum Gasteiger partial charge on any atom is -0.418 e. The average molecular weight is 238 g/mol. The molecule has 1 rings (SSSR count). The van der Waals surface area contributed by atoms with E-state index >= 15 is 0 Å². The summed E-state index contributed by atoms with van der Waals surface area (Å²) in [7, 11) is 0. The Morgan fingerprint density at radius 3 is 2.35 bits per heavy atom. The molecule has 0 N–H and O–H groups in total. The lowest BCUT2D eigenvalue weighted by Crippen LogP contribution is -2.17. The van der Waals surface area contributed by atoms with Crippen LogP contribution in [0.5, 0.6) is 0 Å². The molecule has 0 saturated carbocycles. The quantitative estimate of drug-likeness (QED) is 0.405. The van der Waals surface area contributed by atoms with Crippen molar-refractivity contribution in [2.24, 2.45) is 0 Å². The van der Waals surface area contributed by atoms with Crippen LogP contribution in [-0.2, 0) is 19.1 Å². The lowest BCUT2D eigenvalue weighted by Gasteiger charge is -2.10. The van der Waals surface area contributed by atoms with Crippen molar-refractivity contribution in [3.8, 4) is 0 Å². The molecule has 0 radical (unpaired) electrons. The van der Waals surface area contributed by atoms with E-state index in [0.29, 0.717) is 0 Å². The highest BCUT2D eigenvalue weighted by atomic mass is 16.7. The molecule has 0 spiro atoms. The van der Waals surface area contributed by atoms with Gasteiger partial charge in [0, 0.05) is 12.2 Å². The molecule has 0 saturated heterocycles. The minimum absolute atomic E-state index is 0.559. The van der Waals surface area contributed by atoms with Crippen molar-refractivity contribution in [1.29, 1.82) is 0 Å². The highest BCUT2D eigenvalue weighted by Gasteiger charge is 2.17. The minimum atomic E-state index is -0.892. The van der Waals surface area contributed by atoms with Crippen LogP contribution in [0, 0.1) is 0 Å². The second-order valence-electron chi connectivity index (χ2n) is 3.85. The van der Waals surface area contributed by atoms with Crippen LogP contribution < -0.4 is 0 Å². The summed E-state index contributed by atoms with van der Waals surface area (Å²) in [6, 6.07) is 0. The van der Waals surface area contributed by atoms with Crippen LogP contribution in [0.15, 0.2) is 24.3 Å². The number of cyclic esters (lactones) is 2. The van der Waals surface area contributed by atoms with Gasteiger partial charge >= 0.3 is 11.9 Å². The predicted octanol–water partition coefficient (Wildman–Crippen LogP) is 2.50. The van der Waals surface area contributed by atoms with Crippen molar-refractivity contribution in [1.82, 2.24) is 0 Å². The Bertz CT molecular complexity index is 297. The van der Waals surface area contributed by atoms with Crippen molar-refractivity contribution in [2.45, 2.75) is 45.3 Å². The third kappa shape index (κ3) is 5.90. The lowest BCUT2D eigenvalue weighted by atomic mass is 10.1. The zero-order valence-corrected chi connectivity index (χ0v) is 10.1. The van der Waals surface area contributed by atoms with Gasteiger partial charge in [0.2, 0.25) is 0 Å². The molecule has 0 aromatic carbocycles. The van der Waals surface area contributed by atoms with Gasteiger partial charge in [-0.3, -0.25) is 0 Å². The summed E-state index contributed by atoms with van der Waals surface area (Å²) >= 11 is 0. The zero-order valence-electron chi connectivity index (χ0n) is 10.1. The van der Waals surface area contributed by atoms with Gasteiger partial charge in [-0.25, -0.2) is 9.59 Å².